The van der Waals surface area contributed by atoms with Crippen LogP contribution in [0.2, 0.25) is 0 Å². The molecule has 4 N–H and O–H groups in total. The highest BCUT2D eigenvalue weighted by molar-refractivity contribution is 6.05. The van der Waals surface area contributed by atoms with Crippen LogP contribution in [0, 0.1) is 0 Å². The van der Waals surface area contributed by atoms with Crippen molar-refractivity contribution in [3.8, 4) is 0 Å². The zero-order valence-electron chi connectivity index (χ0n) is 17.2. The maximum Gasteiger partial charge on any atom is 0.255 e. The van der Waals surface area contributed by atoms with Crippen molar-refractivity contribution in [1.29, 1.82) is 0 Å². The minimum atomic E-state index is -0.588. The van der Waals surface area contributed by atoms with Crippen molar-refractivity contribution in [1.82, 2.24) is 10.2 Å². The number of carbonyl (C=O) groups excluding carboxylic acids is 3. The van der Waals surface area contributed by atoms with Crippen LogP contribution in [0.4, 0.5) is 5.69 Å². The number of hydrogen-bond donors (Lipinski definition) is 3. The average molecular weight is 406 g/mol. The summed E-state index contributed by atoms with van der Waals surface area (Å²) in [6, 6.07) is 13.2. The number of hydrogen-bond acceptors (Lipinski definition) is 5. The van der Waals surface area contributed by atoms with E-state index in [4.69, 9.17) is 5.73 Å². The third-order valence-corrected chi connectivity index (χ3v) is 5.72. The van der Waals surface area contributed by atoms with E-state index in [0.29, 0.717) is 25.1 Å². The van der Waals surface area contributed by atoms with Crippen LogP contribution < -0.4 is 16.4 Å². The smallest absolute Gasteiger partial charge is 0.255 e. The third-order valence-electron chi connectivity index (χ3n) is 5.72. The fraction of sp³-hybridized carbons (Fsp3) is 0.348. The molecule has 2 aromatic rings. The van der Waals surface area contributed by atoms with E-state index in [2.05, 4.69) is 10.6 Å². The lowest BCUT2D eigenvalue weighted by atomic mass is 9.95. The molecule has 3 amide bonds. The van der Waals surface area contributed by atoms with Gasteiger partial charge in [-0.3, -0.25) is 19.7 Å². The summed E-state index contributed by atoms with van der Waals surface area (Å²) in [5.74, 6) is -0.828. The first kappa shape index (κ1) is 20.1. The Morgan fingerprint density at radius 2 is 1.87 bits per heavy atom. The van der Waals surface area contributed by atoms with E-state index in [-0.39, 0.29) is 23.8 Å². The molecular weight excluding hydrogens is 380 g/mol. The largest absolute Gasteiger partial charge is 0.381 e. The summed E-state index contributed by atoms with van der Waals surface area (Å²) in [5.41, 5.74) is 10.3. The van der Waals surface area contributed by atoms with Crippen LogP contribution in [0.25, 0.3) is 0 Å². The van der Waals surface area contributed by atoms with Crippen LogP contribution in [0.15, 0.2) is 42.5 Å². The predicted molar refractivity (Wildman–Crippen MR) is 113 cm³/mol. The molecule has 0 radical (unpaired) electrons. The molecule has 2 aliphatic rings. The van der Waals surface area contributed by atoms with Crippen LogP contribution in [0.1, 0.15) is 53.7 Å². The first-order chi connectivity index (χ1) is 14.2. The van der Waals surface area contributed by atoms with Gasteiger partial charge in [-0.1, -0.05) is 24.3 Å². The maximum absolute atomic E-state index is 12.9. The molecule has 7 nitrogen and oxygen atoms in total. The van der Waals surface area contributed by atoms with Crippen molar-refractivity contribution in [3.05, 3.63) is 64.7 Å². The summed E-state index contributed by atoms with van der Waals surface area (Å²) >= 11 is 0. The van der Waals surface area contributed by atoms with E-state index in [1.807, 2.05) is 56.3 Å². The molecule has 7 heteroatoms. The van der Waals surface area contributed by atoms with Gasteiger partial charge in [-0.2, -0.15) is 0 Å². The summed E-state index contributed by atoms with van der Waals surface area (Å²) in [7, 11) is 0. The number of anilines is 1. The minimum absolute atomic E-state index is 0.157. The number of carbonyl (C=O) groups is 3. The second-order valence-corrected chi connectivity index (χ2v) is 8.54. The quantitative estimate of drug-likeness (QED) is 0.661. The van der Waals surface area contributed by atoms with Gasteiger partial charge in [0, 0.05) is 36.3 Å². The van der Waals surface area contributed by atoms with E-state index < -0.39 is 11.9 Å². The zero-order chi connectivity index (χ0) is 21.5. The molecule has 0 saturated carbocycles. The Kier molecular flexibility index (Phi) is 5.07. The van der Waals surface area contributed by atoms with E-state index in [1.54, 1.807) is 4.90 Å². The summed E-state index contributed by atoms with van der Waals surface area (Å²) in [6.07, 6.45) is 0.625. The van der Waals surface area contributed by atoms with Crippen molar-refractivity contribution >= 4 is 23.4 Å². The molecule has 2 aromatic carbocycles. The molecule has 0 spiro atoms. The van der Waals surface area contributed by atoms with Gasteiger partial charge in [0.1, 0.15) is 6.04 Å². The van der Waals surface area contributed by atoms with E-state index >= 15 is 0 Å². The Labute approximate surface area is 175 Å². The summed E-state index contributed by atoms with van der Waals surface area (Å²) in [6.45, 7) is 4.90. The van der Waals surface area contributed by atoms with Gasteiger partial charge in [0.05, 0.1) is 0 Å². The Hall–Kier alpha value is -3.19. The number of benzene rings is 2. The van der Waals surface area contributed by atoms with Crippen LogP contribution in [0.3, 0.4) is 0 Å². The Bertz CT molecular complexity index is 1010. The third kappa shape index (κ3) is 3.93. The standard InChI is InChI=1S/C23H26N4O3/c1-23(2,24)16-5-7-17(8-6-16)25-12-14-3-4-15-13-27(22(30)18(15)11-14)19-9-10-20(28)26-21(19)29/h3-8,11,19,25H,9-10,12-13,24H2,1-2H3,(H,26,28,29). The van der Waals surface area contributed by atoms with Gasteiger partial charge in [0.2, 0.25) is 11.8 Å². The topological polar surface area (TPSA) is 105 Å². The minimum Gasteiger partial charge on any atom is -0.381 e. The molecule has 1 fully saturated rings. The molecule has 1 saturated heterocycles. The first-order valence-electron chi connectivity index (χ1n) is 10.1. The fourth-order valence-electron chi connectivity index (χ4n) is 3.93. The van der Waals surface area contributed by atoms with Gasteiger partial charge in [0.25, 0.3) is 5.91 Å². The lowest BCUT2D eigenvalue weighted by Gasteiger charge is -2.29. The number of rotatable bonds is 5. The molecule has 1 unspecified atom stereocenters. The Morgan fingerprint density at radius 1 is 1.13 bits per heavy atom. The molecule has 2 aliphatic heterocycles. The van der Waals surface area contributed by atoms with E-state index in [9.17, 15) is 14.4 Å². The van der Waals surface area contributed by atoms with Gasteiger partial charge in [-0.05, 0) is 55.2 Å². The Balaban J connectivity index is 1.43. The molecule has 0 bridgehead atoms. The molecule has 30 heavy (non-hydrogen) atoms. The predicted octanol–water partition coefficient (Wildman–Crippen LogP) is 2.25. The molecule has 4 rings (SSSR count). The van der Waals surface area contributed by atoms with Gasteiger partial charge in [-0.15, -0.1) is 0 Å². The number of nitrogens with zero attached hydrogens (tertiary/aromatic N) is 1. The highest BCUT2D eigenvalue weighted by Gasteiger charge is 2.39. The number of piperidine rings is 1. The van der Waals surface area contributed by atoms with Crippen LogP contribution >= 0.6 is 0 Å². The van der Waals surface area contributed by atoms with Crippen LogP contribution in [-0.2, 0) is 28.2 Å². The monoisotopic (exact) mass is 406 g/mol. The van der Waals surface area contributed by atoms with Crippen molar-refractivity contribution in [2.24, 2.45) is 5.73 Å². The van der Waals surface area contributed by atoms with Crippen molar-refractivity contribution < 1.29 is 14.4 Å². The highest BCUT2D eigenvalue weighted by Crippen LogP contribution is 2.28. The summed E-state index contributed by atoms with van der Waals surface area (Å²) < 4.78 is 0. The maximum atomic E-state index is 12.9. The molecule has 0 aromatic heterocycles. The zero-order valence-corrected chi connectivity index (χ0v) is 17.2. The lowest BCUT2D eigenvalue weighted by Crippen LogP contribution is -2.52. The van der Waals surface area contributed by atoms with Crippen molar-refractivity contribution in [2.75, 3.05) is 5.32 Å². The molecule has 156 valence electrons. The highest BCUT2D eigenvalue weighted by atomic mass is 16.2. The molecule has 0 aliphatic carbocycles. The number of amides is 3. The van der Waals surface area contributed by atoms with Crippen LogP contribution in [-0.4, -0.2) is 28.7 Å². The number of nitrogens with one attached hydrogen (secondary N) is 2. The van der Waals surface area contributed by atoms with E-state index in [0.717, 1.165) is 22.4 Å². The van der Waals surface area contributed by atoms with Gasteiger partial charge in [-0.25, -0.2) is 0 Å². The summed E-state index contributed by atoms with van der Waals surface area (Å²) in [4.78, 5) is 38.0. The number of imide groups is 1. The summed E-state index contributed by atoms with van der Waals surface area (Å²) in [5, 5.41) is 5.69. The van der Waals surface area contributed by atoms with E-state index in [1.165, 1.54) is 0 Å². The molecule has 1 atom stereocenters. The first-order valence-corrected chi connectivity index (χ1v) is 10.1. The fourth-order valence-corrected chi connectivity index (χ4v) is 3.93. The van der Waals surface area contributed by atoms with Gasteiger partial charge in [0.15, 0.2) is 0 Å². The number of nitrogens with two attached hydrogens (primary N) is 1. The Morgan fingerprint density at radius 3 is 2.53 bits per heavy atom. The SMILES string of the molecule is CC(C)(N)c1ccc(NCc2ccc3c(c2)C(=O)N(C2CCC(=O)NC2=O)C3)cc1. The lowest BCUT2D eigenvalue weighted by molar-refractivity contribution is -0.136. The van der Waals surface area contributed by atoms with Crippen LogP contribution in [0.5, 0.6) is 0 Å². The van der Waals surface area contributed by atoms with Gasteiger partial charge < -0.3 is 16.0 Å². The second kappa shape index (κ2) is 7.57. The molecular formula is C23H26N4O3. The number of fused-ring (bicyclic) bond motifs is 1. The van der Waals surface area contributed by atoms with Crippen molar-refractivity contribution in [2.45, 2.75) is 51.4 Å². The average Bonchev–Trinajstić information content (AvgIpc) is 3.02. The normalized spacial score (nSPS) is 19.0. The van der Waals surface area contributed by atoms with Crippen molar-refractivity contribution in [3.63, 3.8) is 0 Å². The molecule has 2 heterocycles. The van der Waals surface area contributed by atoms with Gasteiger partial charge >= 0.3 is 0 Å². The second-order valence-electron chi connectivity index (χ2n) is 8.54.